The van der Waals surface area contributed by atoms with Crippen molar-refractivity contribution in [1.29, 1.82) is 0 Å². The zero-order valence-electron chi connectivity index (χ0n) is 60.9. The van der Waals surface area contributed by atoms with Gasteiger partial charge in [0.05, 0.1) is 25.2 Å². The molecule has 0 N–H and O–H groups in total. The van der Waals surface area contributed by atoms with E-state index in [1.807, 2.05) is 4.90 Å². The fraction of sp³-hybridized carbons (Fsp3) is 0.915. The number of esters is 1. The van der Waals surface area contributed by atoms with Crippen LogP contribution in [0.25, 0.3) is 0 Å². The van der Waals surface area contributed by atoms with E-state index in [9.17, 15) is 28.8 Å². The summed E-state index contributed by atoms with van der Waals surface area (Å²) in [6.45, 7) is 60.4. The number of Topliss-reactive ketones (excluding diaryl/α,β-unsaturated/α-hetero) is 4. The summed E-state index contributed by atoms with van der Waals surface area (Å²) in [7, 11) is 3.66. The lowest BCUT2D eigenvalue weighted by molar-refractivity contribution is -0.147. The summed E-state index contributed by atoms with van der Waals surface area (Å²) in [6.07, 6.45) is 16.0. The lowest BCUT2D eigenvalue weighted by Crippen LogP contribution is -2.52. The van der Waals surface area contributed by atoms with Crippen LogP contribution in [0.4, 0.5) is 0 Å². The predicted molar refractivity (Wildman–Crippen MR) is 364 cm³/mol. The Morgan fingerprint density at radius 1 is 0.391 bits per heavy atom. The number of hydrogen-bond donors (Lipinski definition) is 0. The van der Waals surface area contributed by atoms with Crippen molar-refractivity contribution in [3.05, 3.63) is 0 Å². The van der Waals surface area contributed by atoms with Gasteiger partial charge in [-0.15, -0.1) is 0 Å². The van der Waals surface area contributed by atoms with Gasteiger partial charge in [0.15, 0.2) is 0 Å². The summed E-state index contributed by atoms with van der Waals surface area (Å²) in [5.74, 6) is 3.29. The van der Waals surface area contributed by atoms with Crippen LogP contribution in [0, 0.1) is 29.6 Å². The van der Waals surface area contributed by atoms with Crippen molar-refractivity contribution in [2.75, 3.05) is 119 Å². The van der Waals surface area contributed by atoms with Crippen molar-refractivity contribution in [3.63, 3.8) is 0 Å². The average molecular weight is 1230 g/mol. The minimum absolute atomic E-state index is 0.0385. The van der Waals surface area contributed by atoms with Gasteiger partial charge in [0, 0.05) is 146 Å². The monoisotopic (exact) mass is 1230 g/mol. The molecule has 7 fully saturated rings. The summed E-state index contributed by atoms with van der Waals surface area (Å²) in [4.78, 5) is 84.3. The van der Waals surface area contributed by atoms with Gasteiger partial charge in [0.25, 0.3) is 0 Å². The molecule has 1 saturated carbocycles. The second-order valence-electron chi connectivity index (χ2n) is 28.5. The third kappa shape index (κ3) is 39.3. The number of carbonyl (C=O) groups is 6. The lowest BCUT2D eigenvalue weighted by Gasteiger charge is -2.40. The van der Waals surface area contributed by atoms with E-state index in [4.69, 9.17) is 9.47 Å². The van der Waals surface area contributed by atoms with E-state index in [2.05, 4.69) is 152 Å². The second-order valence-corrected chi connectivity index (χ2v) is 28.5. The normalized spacial score (nSPS) is 21.7. The highest BCUT2D eigenvalue weighted by molar-refractivity contribution is 5.80. The maximum Gasteiger partial charge on any atom is 0.308 e. The Bertz CT molecular complexity index is 1790. The van der Waals surface area contributed by atoms with E-state index in [0.717, 1.165) is 110 Å². The molecule has 2 atom stereocenters. The van der Waals surface area contributed by atoms with Crippen molar-refractivity contribution in [2.45, 2.75) is 277 Å². The molecule has 0 radical (unpaired) electrons. The number of piperidine rings is 3. The van der Waals surface area contributed by atoms with Crippen molar-refractivity contribution in [2.24, 2.45) is 29.6 Å². The number of methoxy groups -OCH3 is 1. The number of likely N-dealkylation sites (tertiary alicyclic amines) is 4. The first-order valence-corrected chi connectivity index (χ1v) is 34.8. The van der Waals surface area contributed by atoms with Crippen LogP contribution in [-0.4, -0.2) is 242 Å². The number of hydrogen-bond acceptors (Lipinski definition) is 15. The van der Waals surface area contributed by atoms with Crippen LogP contribution in [0.1, 0.15) is 229 Å². The molecule has 7 rings (SSSR count). The number of ether oxygens (including phenoxy) is 2. The van der Waals surface area contributed by atoms with Crippen LogP contribution in [0.3, 0.4) is 0 Å². The van der Waals surface area contributed by atoms with Gasteiger partial charge in [0.1, 0.15) is 23.1 Å². The van der Waals surface area contributed by atoms with E-state index in [0.29, 0.717) is 89.2 Å². The largest absolute Gasteiger partial charge is 0.469 e. The van der Waals surface area contributed by atoms with Crippen LogP contribution in [-0.2, 0) is 38.2 Å². The molecule has 1 aliphatic carbocycles. The van der Waals surface area contributed by atoms with Gasteiger partial charge in [-0.1, -0.05) is 33.1 Å². The predicted octanol–water partition coefficient (Wildman–Crippen LogP) is 11.5. The molecule has 0 aromatic rings. The highest BCUT2D eigenvalue weighted by Gasteiger charge is 2.32. The molecule has 87 heavy (non-hydrogen) atoms. The van der Waals surface area contributed by atoms with E-state index in [1.165, 1.54) is 91.3 Å². The number of ketones is 4. The van der Waals surface area contributed by atoms with E-state index in [1.54, 1.807) is 34.6 Å². The first kappa shape index (κ1) is 84.3. The molecular weight excluding hydrogens is 1090 g/mol. The highest BCUT2D eigenvalue weighted by Crippen LogP contribution is 2.23. The minimum Gasteiger partial charge on any atom is -0.469 e. The Hall–Kier alpha value is -2.70. The van der Waals surface area contributed by atoms with Gasteiger partial charge in [-0.2, -0.15) is 0 Å². The number of amides is 1. The van der Waals surface area contributed by atoms with Crippen LogP contribution >= 0.6 is 0 Å². The standard InChI is InChI=1S/C10H19NO2.2C10H19NO.C9H18N2O.C9H18O.C8H18N2.C8H15NO.C7H14O/c1-8(2)11-6-4-9(5-7-11)10(12)13-3;2*1-8(2)11-6-4-5-10(7-11)9(3)12;1-8(2)10-4-6-11(7-5-10)9(3)12;1-8(2)10-9-6-4-3-5-7-9;1-8(2)10-6-4-9(3)5-7-10;1-6(2)9-4-8(5-9)7(3)10;1-6(2)4-5-7(3)8/h8-9H,4-7H2,1-3H3;2*8,10H,4-7H2,1-3H3;8H,4-7H2,1-3H3;8-9H,3-7H2,1-2H3;8H,4-7H2,1-3H3;6,8H,4-5H2,1-3H3;6H,4-5H2,1-3H3. The van der Waals surface area contributed by atoms with Crippen LogP contribution < -0.4 is 0 Å². The van der Waals surface area contributed by atoms with Gasteiger partial charge in [-0.3, -0.25) is 38.7 Å². The number of carbonyl (C=O) groups excluding carboxylic acids is 6. The summed E-state index contributed by atoms with van der Waals surface area (Å²) in [5.41, 5.74) is 0. The molecular formula is C71H140N8O8. The van der Waals surface area contributed by atoms with Gasteiger partial charge >= 0.3 is 5.97 Å². The SMILES string of the molecule is CC(=O)C1CCCN(C(C)C)C1.CC(=O)C1CCCN(C(C)C)C1.CC(=O)C1CN(C(C)C)C1.CC(=O)CCC(C)C.CC(=O)N1CCN(C(C)C)CC1.CC(C)N1CCN(C)CC1.CC(C)OC1CCCCC1.COC(=O)C1CCN(C(C)C)CC1. The number of rotatable bonds is 15. The van der Waals surface area contributed by atoms with Gasteiger partial charge in [0.2, 0.25) is 5.91 Å². The zero-order valence-corrected chi connectivity index (χ0v) is 60.9. The van der Waals surface area contributed by atoms with Crippen LogP contribution in [0.2, 0.25) is 0 Å². The fourth-order valence-corrected chi connectivity index (χ4v) is 11.6. The Kier molecular flexibility index (Phi) is 45.8. The molecule has 16 nitrogen and oxygen atoms in total. The maximum absolute atomic E-state index is 11.2. The zero-order chi connectivity index (χ0) is 66.5. The topological polar surface area (TPSA) is 147 Å². The summed E-state index contributed by atoms with van der Waals surface area (Å²) >= 11 is 0. The molecule has 0 bridgehead atoms. The Labute approximate surface area is 536 Å². The number of nitrogens with zero attached hydrogens (tertiary/aromatic N) is 8. The number of likely N-dealkylation sites (N-methyl/N-ethyl adjacent to an activating group) is 1. The third-order valence-corrected chi connectivity index (χ3v) is 18.4. The van der Waals surface area contributed by atoms with Crippen molar-refractivity contribution < 1.29 is 38.2 Å². The maximum atomic E-state index is 11.2. The minimum atomic E-state index is -0.0385. The van der Waals surface area contributed by atoms with Gasteiger partial charge in [-0.25, -0.2) is 0 Å². The summed E-state index contributed by atoms with van der Waals surface area (Å²) in [6, 6.07) is 3.72. The smallest absolute Gasteiger partial charge is 0.308 e. The van der Waals surface area contributed by atoms with Crippen molar-refractivity contribution in [1.82, 2.24) is 39.2 Å². The molecule has 0 aromatic heterocycles. The van der Waals surface area contributed by atoms with Gasteiger partial charge in [-0.05, 0) is 222 Å². The summed E-state index contributed by atoms with van der Waals surface area (Å²) in [5, 5.41) is 0. The molecule has 2 unspecified atom stereocenters. The first-order chi connectivity index (χ1) is 40.7. The van der Waals surface area contributed by atoms with Gasteiger partial charge < -0.3 is 38.8 Å². The molecule has 6 heterocycles. The van der Waals surface area contributed by atoms with Crippen molar-refractivity contribution >= 4 is 35.0 Å². The Balaban J connectivity index is 0.000000975. The molecule has 0 spiro atoms. The van der Waals surface area contributed by atoms with Crippen LogP contribution in [0.5, 0.6) is 0 Å². The van der Waals surface area contributed by atoms with E-state index in [-0.39, 0.29) is 17.8 Å². The molecule has 16 heteroatoms. The third-order valence-electron chi connectivity index (χ3n) is 18.4. The second kappa shape index (κ2) is 47.2. The van der Waals surface area contributed by atoms with Crippen LogP contribution in [0.15, 0.2) is 0 Å². The average Bonchev–Trinajstić information content (AvgIpc) is 3.65. The molecule has 6 saturated heterocycles. The highest BCUT2D eigenvalue weighted by atomic mass is 16.5. The summed E-state index contributed by atoms with van der Waals surface area (Å²) < 4.78 is 10.4. The first-order valence-electron chi connectivity index (χ1n) is 34.8. The molecule has 1 amide bonds. The Morgan fingerprint density at radius 2 is 0.759 bits per heavy atom. The van der Waals surface area contributed by atoms with E-state index >= 15 is 0 Å². The Morgan fingerprint density at radius 3 is 1.07 bits per heavy atom. The molecule has 0 aromatic carbocycles. The fourth-order valence-electron chi connectivity index (χ4n) is 11.6. The van der Waals surface area contributed by atoms with E-state index < -0.39 is 0 Å². The molecule has 512 valence electrons. The quantitative estimate of drug-likeness (QED) is 0.143. The molecule has 6 aliphatic heterocycles. The van der Waals surface area contributed by atoms with Crippen molar-refractivity contribution in [3.8, 4) is 0 Å². The molecule has 7 aliphatic rings. The lowest BCUT2D eigenvalue weighted by atomic mass is 9.94. The number of piperazine rings is 2.